The fourth-order valence-corrected chi connectivity index (χ4v) is 1.26. The summed E-state index contributed by atoms with van der Waals surface area (Å²) in [6.45, 7) is 5.31. The molecule has 7 heteroatoms. The van der Waals surface area contributed by atoms with E-state index in [1.54, 1.807) is 20.8 Å². The van der Waals surface area contributed by atoms with E-state index in [1.165, 1.54) is 6.20 Å². The van der Waals surface area contributed by atoms with Crippen LogP contribution in [0.1, 0.15) is 20.8 Å². The number of hydrogen-bond donors (Lipinski definition) is 1. The molecule has 0 saturated carbocycles. The molecule has 1 amide bonds. The van der Waals surface area contributed by atoms with Gasteiger partial charge in [-0.1, -0.05) is 11.6 Å². The van der Waals surface area contributed by atoms with Crippen molar-refractivity contribution in [2.45, 2.75) is 26.4 Å². The highest BCUT2D eigenvalue weighted by atomic mass is 79.9. The van der Waals surface area contributed by atoms with E-state index in [0.717, 1.165) is 0 Å². The fourth-order valence-electron chi connectivity index (χ4n) is 0.833. The Balaban J connectivity index is 2.73. The molecule has 0 spiro atoms. The summed E-state index contributed by atoms with van der Waals surface area (Å²) in [5.41, 5.74) is -0.567. The minimum absolute atomic E-state index is 0.189. The molecule has 0 aliphatic heterocycles. The lowest BCUT2D eigenvalue weighted by atomic mass is 10.2. The second-order valence-corrected chi connectivity index (χ2v) is 5.10. The van der Waals surface area contributed by atoms with Crippen molar-refractivity contribution in [2.24, 2.45) is 0 Å². The lowest BCUT2D eigenvalue weighted by molar-refractivity contribution is 0.0635. The van der Waals surface area contributed by atoms with Gasteiger partial charge in [-0.3, -0.25) is 5.32 Å². The number of hydrogen-bond acceptors (Lipinski definition) is 4. The molecule has 16 heavy (non-hydrogen) atoms. The van der Waals surface area contributed by atoms with Crippen LogP contribution in [0.25, 0.3) is 0 Å². The number of nitrogens with one attached hydrogen (secondary N) is 1. The number of carbonyl (C=O) groups is 1. The van der Waals surface area contributed by atoms with Gasteiger partial charge in [0.1, 0.15) is 15.4 Å². The first kappa shape index (κ1) is 13.2. The maximum atomic E-state index is 11.4. The SMILES string of the molecule is CC(C)(C)OC(=O)Nc1nc(Cl)cnc1Br. The van der Waals surface area contributed by atoms with Crippen molar-refractivity contribution < 1.29 is 9.53 Å². The summed E-state index contributed by atoms with van der Waals surface area (Å²) in [7, 11) is 0. The van der Waals surface area contributed by atoms with E-state index in [0.29, 0.717) is 4.60 Å². The summed E-state index contributed by atoms with van der Waals surface area (Å²) >= 11 is 8.78. The van der Waals surface area contributed by atoms with E-state index in [4.69, 9.17) is 16.3 Å². The predicted octanol–water partition coefficient (Wildman–Crippen LogP) is 3.24. The van der Waals surface area contributed by atoms with Crippen LogP contribution in [-0.4, -0.2) is 21.7 Å². The smallest absolute Gasteiger partial charge is 0.413 e. The quantitative estimate of drug-likeness (QED) is 0.865. The number of anilines is 1. The molecule has 1 heterocycles. The molecule has 0 aliphatic rings. The Morgan fingerprint density at radius 3 is 2.75 bits per heavy atom. The molecular weight excluding hydrogens is 297 g/mol. The number of aromatic nitrogens is 2. The number of nitrogens with zero attached hydrogens (tertiary/aromatic N) is 2. The van der Waals surface area contributed by atoms with Gasteiger partial charge in [0.2, 0.25) is 0 Å². The van der Waals surface area contributed by atoms with Gasteiger partial charge < -0.3 is 4.74 Å². The molecule has 1 N–H and O–H groups in total. The van der Waals surface area contributed by atoms with Crippen molar-refractivity contribution in [1.82, 2.24) is 9.97 Å². The molecule has 1 aromatic rings. The van der Waals surface area contributed by atoms with Crippen LogP contribution in [0.3, 0.4) is 0 Å². The molecule has 0 aromatic carbocycles. The minimum atomic E-state index is -0.607. The highest BCUT2D eigenvalue weighted by molar-refractivity contribution is 9.10. The van der Waals surface area contributed by atoms with Crippen molar-refractivity contribution in [3.63, 3.8) is 0 Å². The maximum absolute atomic E-state index is 11.4. The second kappa shape index (κ2) is 4.97. The molecule has 1 rings (SSSR count). The molecule has 0 aliphatic carbocycles. The lowest BCUT2D eigenvalue weighted by Gasteiger charge is -2.19. The summed E-state index contributed by atoms with van der Waals surface area (Å²) in [5, 5.41) is 2.63. The zero-order valence-corrected chi connectivity index (χ0v) is 11.4. The van der Waals surface area contributed by atoms with Crippen molar-refractivity contribution in [2.75, 3.05) is 5.32 Å². The van der Waals surface area contributed by atoms with Gasteiger partial charge in [0.05, 0.1) is 6.20 Å². The van der Waals surface area contributed by atoms with Crippen LogP contribution < -0.4 is 5.32 Å². The molecule has 0 saturated heterocycles. The Morgan fingerprint density at radius 2 is 2.19 bits per heavy atom. The first-order valence-electron chi connectivity index (χ1n) is 4.46. The minimum Gasteiger partial charge on any atom is -0.444 e. The number of carbonyl (C=O) groups excluding carboxylic acids is 1. The first-order chi connectivity index (χ1) is 7.28. The van der Waals surface area contributed by atoms with Gasteiger partial charge in [-0.2, -0.15) is 0 Å². The maximum Gasteiger partial charge on any atom is 0.413 e. The topological polar surface area (TPSA) is 64.1 Å². The third-order valence-electron chi connectivity index (χ3n) is 1.32. The summed E-state index contributed by atoms with van der Waals surface area (Å²) < 4.78 is 5.45. The third-order valence-corrected chi connectivity index (χ3v) is 2.08. The van der Waals surface area contributed by atoms with Gasteiger partial charge in [-0.25, -0.2) is 14.8 Å². The average Bonchev–Trinajstić information content (AvgIpc) is 2.08. The van der Waals surface area contributed by atoms with Gasteiger partial charge >= 0.3 is 6.09 Å². The van der Waals surface area contributed by atoms with E-state index in [-0.39, 0.29) is 11.0 Å². The molecule has 1 aromatic heterocycles. The molecule has 0 bridgehead atoms. The zero-order chi connectivity index (χ0) is 12.3. The number of rotatable bonds is 1. The van der Waals surface area contributed by atoms with Crippen LogP contribution in [0, 0.1) is 0 Å². The monoisotopic (exact) mass is 307 g/mol. The van der Waals surface area contributed by atoms with Crippen LogP contribution in [0.15, 0.2) is 10.8 Å². The summed E-state index contributed by atoms with van der Waals surface area (Å²) in [4.78, 5) is 19.2. The zero-order valence-electron chi connectivity index (χ0n) is 9.04. The summed E-state index contributed by atoms with van der Waals surface area (Å²) in [5.74, 6) is 0.224. The molecule has 0 radical (unpaired) electrons. The van der Waals surface area contributed by atoms with Crippen LogP contribution in [0.5, 0.6) is 0 Å². The standard InChI is InChI=1S/C9H11BrClN3O2/c1-9(2,3)16-8(15)14-7-6(10)12-4-5(11)13-7/h4H,1-3H3,(H,13,14,15). The second-order valence-electron chi connectivity index (χ2n) is 3.96. The Kier molecular flexibility index (Phi) is 4.09. The Labute approximate surface area is 107 Å². The van der Waals surface area contributed by atoms with Crippen molar-refractivity contribution in [1.29, 1.82) is 0 Å². The Morgan fingerprint density at radius 1 is 1.56 bits per heavy atom. The summed E-state index contributed by atoms with van der Waals surface area (Å²) in [6.07, 6.45) is 0.760. The highest BCUT2D eigenvalue weighted by Gasteiger charge is 2.17. The Bertz CT molecular complexity index is 406. The van der Waals surface area contributed by atoms with Crippen molar-refractivity contribution >= 4 is 39.4 Å². The molecule has 0 unspecified atom stereocenters. The molecule has 0 atom stereocenters. The number of halogens is 2. The largest absolute Gasteiger partial charge is 0.444 e. The van der Waals surface area contributed by atoms with Gasteiger partial charge in [0.15, 0.2) is 5.82 Å². The van der Waals surface area contributed by atoms with Gasteiger partial charge in [0, 0.05) is 0 Å². The third kappa shape index (κ3) is 4.32. The van der Waals surface area contributed by atoms with Crippen LogP contribution >= 0.6 is 27.5 Å². The van der Waals surface area contributed by atoms with Crippen molar-refractivity contribution in [3.05, 3.63) is 16.0 Å². The van der Waals surface area contributed by atoms with E-state index in [9.17, 15) is 4.79 Å². The normalized spacial score (nSPS) is 11.1. The van der Waals surface area contributed by atoms with Crippen LogP contribution in [0.2, 0.25) is 5.15 Å². The summed E-state index contributed by atoms with van der Waals surface area (Å²) in [6, 6.07) is 0. The van der Waals surface area contributed by atoms with E-state index in [2.05, 4.69) is 31.2 Å². The van der Waals surface area contributed by atoms with Crippen molar-refractivity contribution in [3.8, 4) is 0 Å². The molecular formula is C9H11BrClN3O2. The first-order valence-corrected chi connectivity index (χ1v) is 5.63. The van der Waals surface area contributed by atoms with Crippen LogP contribution in [-0.2, 0) is 4.74 Å². The van der Waals surface area contributed by atoms with Gasteiger partial charge in [-0.05, 0) is 36.7 Å². The van der Waals surface area contributed by atoms with E-state index < -0.39 is 11.7 Å². The van der Waals surface area contributed by atoms with E-state index in [1.807, 2.05) is 0 Å². The number of ether oxygens (including phenoxy) is 1. The van der Waals surface area contributed by atoms with E-state index >= 15 is 0 Å². The highest BCUT2D eigenvalue weighted by Crippen LogP contribution is 2.19. The van der Waals surface area contributed by atoms with Gasteiger partial charge in [0.25, 0.3) is 0 Å². The van der Waals surface area contributed by atoms with Gasteiger partial charge in [-0.15, -0.1) is 0 Å². The Hall–Kier alpha value is -0.880. The molecule has 5 nitrogen and oxygen atoms in total. The van der Waals surface area contributed by atoms with Crippen LogP contribution in [0.4, 0.5) is 10.6 Å². The average molecular weight is 309 g/mol. The predicted molar refractivity (Wildman–Crippen MR) is 64.6 cm³/mol. The lowest BCUT2D eigenvalue weighted by Crippen LogP contribution is -2.27. The number of amides is 1. The fraction of sp³-hybridized carbons (Fsp3) is 0.444. The molecule has 88 valence electrons. The molecule has 0 fully saturated rings.